The van der Waals surface area contributed by atoms with Crippen LogP contribution in [0.1, 0.15) is 42.1 Å². The Morgan fingerprint density at radius 2 is 2.08 bits per heavy atom. The van der Waals surface area contributed by atoms with Crippen molar-refractivity contribution in [1.29, 1.82) is 0 Å². The van der Waals surface area contributed by atoms with Crippen molar-refractivity contribution in [3.63, 3.8) is 0 Å². The molecule has 2 aliphatic rings. The molecule has 0 aromatic heterocycles. The molecule has 37 heavy (non-hydrogen) atoms. The highest BCUT2D eigenvalue weighted by atomic mass is 19.1. The zero-order valence-corrected chi connectivity index (χ0v) is 21.5. The molecule has 1 unspecified atom stereocenters. The van der Waals surface area contributed by atoms with E-state index in [0.717, 1.165) is 29.5 Å². The first kappa shape index (κ1) is 27.0. The van der Waals surface area contributed by atoms with Gasteiger partial charge in [0.15, 0.2) is 0 Å². The quantitative estimate of drug-likeness (QED) is 0.522. The van der Waals surface area contributed by atoms with Gasteiger partial charge in [0, 0.05) is 30.6 Å². The molecule has 0 bridgehead atoms. The van der Waals surface area contributed by atoms with Crippen molar-refractivity contribution >= 4 is 12.0 Å². The van der Waals surface area contributed by atoms with Crippen LogP contribution < -0.4 is 11.1 Å². The fourth-order valence-electron chi connectivity index (χ4n) is 5.21. The molecule has 3 N–H and O–H groups in total. The molecule has 0 spiro atoms. The Balaban J connectivity index is 1.59. The van der Waals surface area contributed by atoms with E-state index in [4.69, 9.17) is 15.2 Å². The van der Waals surface area contributed by atoms with Gasteiger partial charge in [-0.05, 0) is 48.9 Å². The van der Waals surface area contributed by atoms with Gasteiger partial charge in [0.1, 0.15) is 11.9 Å². The first-order chi connectivity index (χ1) is 17.9. The van der Waals surface area contributed by atoms with Gasteiger partial charge >= 0.3 is 6.09 Å². The van der Waals surface area contributed by atoms with Crippen molar-refractivity contribution in [3.8, 4) is 11.1 Å². The highest BCUT2D eigenvalue weighted by Crippen LogP contribution is 2.36. The zero-order chi connectivity index (χ0) is 26.4. The van der Waals surface area contributed by atoms with Gasteiger partial charge in [-0.25, -0.2) is 9.18 Å². The summed E-state index contributed by atoms with van der Waals surface area (Å²) in [5.74, 6) is -0.284. The molecule has 0 radical (unpaired) electrons. The van der Waals surface area contributed by atoms with Crippen LogP contribution in [0.4, 0.5) is 9.18 Å². The first-order valence-corrected chi connectivity index (χ1v) is 12.8. The number of alkyl carbamates (subject to hydrolysis) is 1. The molecule has 2 aromatic carbocycles. The Morgan fingerprint density at radius 1 is 1.24 bits per heavy atom. The van der Waals surface area contributed by atoms with E-state index < -0.39 is 12.2 Å². The third-order valence-electron chi connectivity index (χ3n) is 7.10. The van der Waals surface area contributed by atoms with Crippen molar-refractivity contribution in [1.82, 2.24) is 10.2 Å². The number of methoxy groups -OCH3 is 1. The molecule has 2 amide bonds. The summed E-state index contributed by atoms with van der Waals surface area (Å²) in [6, 6.07) is 10.9. The molecule has 1 aliphatic carbocycles. The fraction of sp³-hybridized carbons (Fsp3) is 0.500. The molecule has 8 nitrogen and oxygen atoms in total. The number of halogens is 1. The van der Waals surface area contributed by atoms with Crippen LogP contribution in [0.3, 0.4) is 0 Å². The number of benzene rings is 2. The van der Waals surface area contributed by atoms with E-state index in [0.29, 0.717) is 37.2 Å². The van der Waals surface area contributed by atoms with Gasteiger partial charge in [-0.2, -0.15) is 0 Å². The number of carbonyl (C=O) groups excluding carboxylic acids is 2. The number of morpholine rings is 1. The van der Waals surface area contributed by atoms with Crippen molar-refractivity contribution in [2.24, 2.45) is 11.7 Å². The van der Waals surface area contributed by atoms with Crippen LogP contribution in [0.25, 0.3) is 11.1 Å². The molecule has 2 aromatic rings. The monoisotopic (exact) mass is 513 g/mol. The number of nitrogens with two attached hydrogens (primary N) is 1. The minimum atomic E-state index is -0.543. The number of rotatable bonds is 8. The van der Waals surface area contributed by atoms with E-state index in [-0.39, 0.29) is 43.4 Å². The van der Waals surface area contributed by atoms with Gasteiger partial charge in [0.25, 0.3) is 0 Å². The molecular weight excluding hydrogens is 477 g/mol. The molecule has 200 valence electrons. The lowest BCUT2D eigenvalue weighted by Crippen LogP contribution is -2.45. The third kappa shape index (κ3) is 6.66. The molecule has 2 fully saturated rings. The highest BCUT2D eigenvalue weighted by molar-refractivity contribution is 5.79. The molecule has 9 heteroatoms. The van der Waals surface area contributed by atoms with Crippen LogP contribution >= 0.6 is 0 Å². The Morgan fingerprint density at radius 3 is 2.81 bits per heavy atom. The fourth-order valence-corrected chi connectivity index (χ4v) is 5.21. The smallest absolute Gasteiger partial charge is 0.406 e. The van der Waals surface area contributed by atoms with Gasteiger partial charge in [0.05, 0.1) is 33.5 Å². The summed E-state index contributed by atoms with van der Waals surface area (Å²) >= 11 is 0. The van der Waals surface area contributed by atoms with Crippen LogP contribution in [-0.2, 0) is 25.6 Å². The van der Waals surface area contributed by atoms with Gasteiger partial charge in [-0.3, -0.25) is 4.79 Å². The molecule has 4 rings (SSSR count). The number of ether oxygens (including phenoxy) is 3. The van der Waals surface area contributed by atoms with Crippen LogP contribution in [0, 0.1) is 18.7 Å². The normalized spacial score (nSPS) is 21.6. The van der Waals surface area contributed by atoms with Gasteiger partial charge in [-0.15, -0.1) is 0 Å². The topological polar surface area (TPSA) is 103 Å². The summed E-state index contributed by atoms with van der Waals surface area (Å²) in [6.45, 7) is 3.86. The third-order valence-corrected chi connectivity index (χ3v) is 7.10. The maximum Gasteiger partial charge on any atom is 0.406 e. The Bertz CT molecular complexity index is 1110. The Kier molecular flexibility index (Phi) is 9.13. The molecule has 1 heterocycles. The van der Waals surface area contributed by atoms with E-state index in [1.54, 1.807) is 6.07 Å². The molecule has 1 aliphatic heterocycles. The van der Waals surface area contributed by atoms with Crippen molar-refractivity contribution < 1.29 is 28.2 Å². The summed E-state index contributed by atoms with van der Waals surface area (Å²) in [7, 11) is 1.29. The number of amides is 2. The Labute approximate surface area is 217 Å². The van der Waals surface area contributed by atoms with Crippen molar-refractivity contribution in [2.45, 2.75) is 44.9 Å². The zero-order valence-electron chi connectivity index (χ0n) is 21.5. The highest BCUT2D eigenvalue weighted by Gasteiger charge is 2.35. The van der Waals surface area contributed by atoms with E-state index >= 15 is 4.39 Å². The molecule has 1 saturated carbocycles. The minimum absolute atomic E-state index is 0.0464. The second-order valence-corrected chi connectivity index (χ2v) is 9.74. The first-order valence-electron chi connectivity index (χ1n) is 12.8. The predicted molar refractivity (Wildman–Crippen MR) is 137 cm³/mol. The lowest BCUT2D eigenvalue weighted by Gasteiger charge is -2.35. The van der Waals surface area contributed by atoms with Crippen LogP contribution in [-0.4, -0.2) is 62.9 Å². The standard InChI is InChI=1S/C28H36FN3O5/c1-18-4-3-5-19(14-18)26-23(17-36-12-10-31-28(34)35-2)22(8-9-24(26)29)25-16-32(11-13-37-25)27(33)20-6-7-21(30)15-20/h3-5,8-9,14,20-21,25H,6-7,10-13,15-17,30H2,1-2H3,(H,31,34)/t20-,21+,25?/m1/s1. The summed E-state index contributed by atoms with van der Waals surface area (Å²) in [5.41, 5.74) is 9.72. The predicted octanol–water partition coefficient (Wildman–Crippen LogP) is 3.70. The average Bonchev–Trinajstić information content (AvgIpc) is 3.34. The molecule has 3 atom stereocenters. The number of hydrogen-bond acceptors (Lipinski definition) is 6. The number of aryl methyl sites for hydroxylation is 1. The maximum atomic E-state index is 15.3. The maximum absolute atomic E-state index is 15.3. The number of nitrogens with zero attached hydrogens (tertiary/aromatic N) is 1. The summed E-state index contributed by atoms with van der Waals surface area (Å²) in [4.78, 5) is 26.4. The average molecular weight is 514 g/mol. The van der Waals surface area contributed by atoms with E-state index in [1.807, 2.05) is 36.1 Å². The van der Waals surface area contributed by atoms with E-state index in [1.165, 1.54) is 13.2 Å². The largest absolute Gasteiger partial charge is 0.453 e. The van der Waals surface area contributed by atoms with Crippen LogP contribution in [0.5, 0.6) is 0 Å². The van der Waals surface area contributed by atoms with E-state index in [9.17, 15) is 9.59 Å². The summed E-state index contributed by atoms with van der Waals surface area (Å²) < 4.78 is 31.9. The molecular formula is C28H36FN3O5. The van der Waals surface area contributed by atoms with Crippen LogP contribution in [0.2, 0.25) is 0 Å². The van der Waals surface area contributed by atoms with Crippen molar-refractivity contribution in [3.05, 3.63) is 58.9 Å². The minimum Gasteiger partial charge on any atom is -0.453 e. The molecule has 1 saturated heterocycles. The van der Waals surface area contributed by atoms with Gasteiger partial charge in [-0.1, -0.05) is 35.9 Å². The van der Waals surface area contributed by atoms with Gasteiger partial charge in [0.2, 0.25) is 5.91 Å². The number of hydrogen-bond donors (Lipinski definition) is 2. The number of nitrogens with one attached hydrogen (secondary N) is 1. The summed E-state index contributed by atoms with van der Waals surface area (Å²) in [5, 5.41) is 2.57. The van der Waals surface area contributed by atoms with Crippen molar-refractivity contribution in [2.75, 3.05) is 40.0 Å². The Hall–Kier alpha value is -3.01. The van der Waals surface area contributed by atoms with E-state index in [2.05, 4.69) is 10.1 Å². The SMILES string of the molecule is COC(=O)NCCOCc1c(C2CN(C(=O)[C@@H]3CC[C@H](N)C3)CCO2)ccc(F)c1-c1cccc(C)c1. The number of carbonyl (C=O) groups is 2. The van der Waals surface area contributed by atoms with Gasteiger partial charge < -0.3 is 30.2 Å². The summed E-state index contributed by atoms with van der Waals surface area (Å²) in [6.07, 6.45) is 1.44. The van der Waals surface area contributed by atoms with Crippen LogP contribution in [0.15, 0.2) is 36.4 Å². The second kappa shape index (κ2) is 12.5. The lowest BCUT2D eigenvalue weighted by molar-refractivity contribution is -0.143. The lowest BCUT2D eigenvalue weighted by atomic mass is 9.91. The second-order valence-electron chi connectivity index (χ2n) is 9.74.